The van der Waals surface area contributed by atoms with Crippen LogP contribution in [0, 0.1) is 0 Å². The van der Waals surface area contributed by atoms with Crippen molar-refractivity contribution in [3.8, 4) is 0 Å². The molecule has 1 aromatic rings. The molecule has 1 N–H and O–H groups in total. The molecule has 88 valence electrons. The fourth-order valence-electron chi connectivity index (χ4n) is 1.18. The quantitative estimate of drug-likeness (QED) is 0.830. The van der Waals surface area contributed by atoms with Gasteiger partial charge in [0.25, 0.3) is 5.91 Å². The smallest absolute Gasteiger partial charge is 0.252 e. The van der Waals surface area contributed by atoms with Gasteiger partial charge in [0.15, 0.2) is 0 Å². The molecule has 0 saturated heterocycles. The van der Waals surface area contributed by atoms with Gasteiger partial charge < -0.3 is 5.32 Å². The van der Waals surface area contributed by atoms with Crippen LogP contribution in [0.2, 0.25) is 0 Å². The van der Waals surface area contributed by atoms with Gasteiger partial charge in [0.05, 0.1) is 5.56 Å². The molecule has 16 heavy (non-hydrogen) atoms. The molecular formula is C11H14Br2N2O. The van der Waals surface area contributed by atoms with Gasteiger partial charge in [-0.3, -0.25) is 9.78 Å². The van der Waals surface area contributed by atoms with Crippen molar-refractivity contribution in [3.05, 3.63) is 28.5 Å². The molecule has 1 heterocycles. The van der Waals surface area contributed by atoms with E-state index >= 15 is 0 Å². The van der Waals surface area contributed by atoms with Gasteiger partial charge in [0.2, 0.25) is 0 Å². The molecule has 1 rings (SSSR count). The topological polar surface area (TPSA) is 42.0 Å². The summed E-state index contributed by atoms with van der Waals surface area (Å²) in [5, 5.41) is 2.86. The first-order chi connectivity index (χ1) is 7.63. The van der Waals surface area contributed by atoms with E-state index in [1.165, 1.54) is 0 Å². The predicted molar refractivity (Wildman–Crippen MR) is 71.9 cm³/mol. The van der Waals surface area contributed by atoms with Gasteiger partial charge in [0.1, 0.15) is 0 Å². The number of halogens is 2. The SMILES string of the molecule is CCC(Br)CCNC(=O)c1cncc(Br)c1. The second-order valence-electron chi connectivity index (χ2n) is 3.44. The van der Waals surface area contributed by atoms with Crippen LogP contribution < -0.4 is 5.32 Å². The molecule has 0 spiro atoms. The second kappa shape index (κ2) is 7.01. The lowest BCUT2D eigenvalue weighted by Crippen LogP contribution is -2.26. The molecule has 0 aliphatic rings. The number of alkyl halides is 1. The summed E-state index contributed by atoms with van der Waals surface area (Å²) >= 11 is 6.81. The monoisotopic (exact) mass is 348 g/mol. The number of nitrogens with one attached hydrogen (secondary N) is 1. The molecule has 0 radical (unpaired) electrons. The zero-order valence-electron chi connectivity index (χ0n) is 9.04. The summed E-state index contributed by atoms with van der Waals surface area (Å²) in [6.07, 6.45) is 5.21. The number of nitrogens with zero attached hydrogens (tertiary/aromatic N) is 1. The fourth-order valence-corrected chi connectivity index (χ4v) is 1.78. The maximum absolute atomic E-state index is 11.7. The Morgan fingerprint density at radius 2 is 2.31 bits per heavy atom. The van der Waals surface area contributed by atoms with E-state index in [2.05, 4.69) is 49.1 Å². The van der Waals surface area contributed by atoms with E-state index in [9.17, 15) is 4.79 Å². The van der Waals surface area contributed by atoms with Crippen LogP contribution in [0.5, 0.6) is 0 Å². The highest BCUT2D eigenvalue weighted by molar-refractivity contribution is 9.10. The Bertz CT molecular complexity index is 358. The summed E-state index contributed by atoms with van der Waals surface area (Å²) in [5.74, 6) is -0.0791. The Balaban J connectivity index is 2.41. The lowest BCUT2D eigenvalue weighted by Gasteiger charge is -2.08. The molecule has 0 aliphatic carbocycles. The minimum absolute atomic E-state index is 0.0791. The highest BCUT2D eigenvalue weighted by Crippen LogP contribution is 2.10. The average Bonchev–Trinajstić information content (AvgIpc) is 2.28. The fraction of sp³-hybridized carbons (Fsp3) is 0.455. The normalized spacial score (nSPS) is 12.2. The first kappa shape index (κ1) is 13.6. The van der Waals surface area contributed by atoms with Crippen LogP contribution in [-0.2, 0) is 0 Å². The van der Waals surface area contributed by atoms with Gasteiger partial charge in [-0.2, -0.15) is 0 Å². The van der Waals surface area contributed by atoms with Crippen LogP contribution in [0.1, 0.15) is 30.1 Å². The van der Waals surface area contributed by atoms with Crippen molar-refractivity contribution in [1.29, 1.82) is 0 Å². The molecule has 0 fully saturated rings. The minimum atomic E-state index is -0.0791. The van der Waals surface area contributed by atoms with Gasteiger partial charge >= 0.3 is 0 Å². The van der Waals surface area contributed by atoms with Crippen molar-refractivity contribution >= 4 is 37.8 Å². The molecule has 1 unspecified atom stereocenters. The number of amides is 1. The number of aromatic nitrogens is 1. The summed E-state index contributed by atoms with van der Waals surface area (Å²) in [5.41, 5.74) is 0.581. The Hall–Kier alpha value is -0.420. The Morgan fingerprint density at radius 3 is 2.94 bits per heavy atom. The van der Waals surface area contributed by atoms with E-state index in [0.29, 0.717) is 16.9 Å². The maximum Gasteiger partial charge on any atom is 0.252 e. The zero-order chi connectivity index (χ0) is 12.0. The number of carbonyl (C=O) groups is 1. The Kier molecular flexibility index (Phi) is 5.98. The van der Waals surface area contributed by atoms with Crippen molar-refractivity contribution in [2.75, 3.05) is 6.54 Å². The summed E-state index contributed by atoms with van der Waals surface area (Å²) in [6, 6.07) is 1.76. The van der Waals surface area contributed by atoms with Crippen molar-refractivity contribution in [2.24, 2.45) is 0 Å². The van der Waals surface area contributed by atoms with E-state index in [-0.39, 0.29) is 5.91 Å². The van der Waals surface area contributed by atoms with Gasteiger partial charge in [-0.25, -0.2) is 0 Å². The van der Waals surface area contributed by atoms with Crippen LogP contribution in [-0.4, -0.2) is 22.3 Å². The number of hydrogen-bond acceptors (Lipinski definition) is 2. The lowest BCUT2D eigenvalue weighted by molar-refractivity contribution is 0.0953. The molecule has 1 aromatic heterocycles. The van der Waals surface area contributed by atoms with Crippen molar-refractivity contribution in [1.82, 2.24) is 10.3 Å². The van der Waals surface area contributed by atoms with E-state index in [1.807, 2.05) is 0 Å². The van der Waals surface area contributed by atoms with Crippen LogP contribution in [0.4, 0.5) is 0 Å². The summed E-state index contributed by atoms with van der Waals surface area (Å²) in [6.45, 7) is 2.79. The van der Waals surface area contributed by atoms with Crippen LogP contribution in [0.25, 0.3) is 0 Å². The molecule has 1 amide bonds. The third kappa shape index (κ3) is 4.61. The minimum Gasteiger partial charge on any atom is -0.352 e. The summed E-state index contributed by atoms with van der Waals surface area (Å²) in [7, 11) is 0. The first-order valence-electron chi connectivity index (χ1n) is 5.16. The molecule has 0 aromatic carbocycles. The second-order valence-corrected chi connectivity index (χ2v) is 5.65. The number of pyridine rings is 1. The van der Waals surface area contributed by atoms with Crippen LogP contribution in [0.3, 0.4) is 0 Å². The first-order valence-corrected chi connectivity index (χ1v) is 6.87. The number of rotatable bonds is 5. The lowest BCUT2D eigenvalue weighted by atomic mass is 10.2. The molecule has 0 aliphatic heterocycles. The van der Waals surface area contributed by atoms with Crippen LogP contribution in [0.15, 0.2) is 22.9 Å². The molecule has 0 bridgehead atoms. The van der Waals surface area contributed by atoms with E-state index < -0.39 is 0 Å². The molecule has 1 atom stereocenters. The summed E-state index contributed by atoms with van der Waals surface area (Å²) in [4.78, 5) is 16.1. The highest BCUT2D eigenvalue weighted by Gasteiger charge is 2.07. The zero-order valence-corrected chi connectivity index (χ0v) is 12.2. The predicted octanol–water partition coefficient (Wildman–Crippen LogP) is 3.14. The molecular weight excluding hydrogens is 336 g/mol. The summed E-state index contributed by atoms with van der Waals surface area (Å²) < 4.78 is 0.812. The van der Waals surface area contributed by atoms with E-state index in [4.69, 9.17) is 0 Å². The third-order valence-corrected chi connectivity index (χ3v) is 3.69. The van der Waals surface area contributed by atoms with Gasteiger partial charge in [-0.05, 0) is 34.8 Å². The van der Waals surface area contributed by atoms with Gasteiger partial charge in [-0.15, -0.1) is 0 Å². The van der Waals surface area contributed by atoms with Crippen LogP contribution >= 0.6 is 31.9 Å². The van der Waals surface area contributed by atoms with Crippen molar-refractivity contribution < 1.29 is 4.79 Å². The maximum atomic E-state index is 11.7. The average molecular weight is 350 g/mol. The Morgan fingerprint density at radius 1 is 1.56 bits per heavy atom. The van der Waals surface area contributed by atoms with E-state index in [1.54, 1.807) is 18.5 Å². The standard InChI is InChI=1S/C11H14Br2N2O/c1-2-9(12)3-4-15-11(16)8-5-10(13)7-14-6-8/h5-7,9H,2-4H2,1H3,(H,15,16). The largest absolute Gasteiger partial charge is 0.352 e. The molecule has 0 saturated carbocycles. The van der Waals surface area contributed by atoms with E-state index in [0.717, 1.165) is 17.3 Å². The van der Waals surface area contributed by atoms with Crippen molar-refractivity contribution in [3.63, 3.8) is 0 Å². The number of hydrogen-bond donors (Lipinski definition) is 1. The van der Waals surface area contributed by atoms with Crippen molar-refractivity contribution in [2.45, 2.75) is 24.6 Å². The molecule has 5 heteroatoms. The number of carbonyl (C=O) groups excluding carboxylic acids is 1. The van der Waals surface area contributed by atoms with Gasteiger partial charge in [0, 0.05) is 28.2 Å². The molecule has 3 nitrogen and oxygen atoms in total. The third-order valence-electron chi connectivity index (χ3n) is 2.15. The van der Waals surface area contributed by atoms with Gasteiger partial charge in [-0.1, -0.05) is 22.9 Å². The Labute approximate surface area is 112 Å². The highest BCUT2D eigenvalue weighted by atomic mass is 79.9.